The average Bonchev–Trinajstić information content (AvgIpc) is 2.68. The van der Waals surface area contributed by atoms with E-state index in [1.54, 1.807) is 0 Å². The molecule has 0 atom stereocenters. The van der Waals surface area contributed by atoms with Crippen LogP contribution in [-0.2, 0) is 6.54 Å². The van der Waals surface area contributed by atoms with Gasteiger partial charge in [0.15, 0.2) is 5.82 Å². The van der Waals surface area contributed by atoms with Crippen molar-refractivity contribution in [2.75, 3.05) is 7.05 Å². The zero-order valence-electron chi connectivity index (χ0n) is 8.61. The fourth-order valence-corrected chi connectivity index (χ4v) is 2.10. The van der Waals surface area contributed by atoms with Crippen LogP contribution in [0.2, 0.25) is 0 Å². The number of rotatable bonds is 3. The Labute approximate surface area is 83.9 Å². The normalized spacial score (nSPS) is 18.6. The van der Waals surface area contributed by atoms with Crippen LogP contribution in [0, 0.1) is 0 Å². The van der Waals surface area contributed by atoms with Gasteiger partial charge < -0.3 is 5.32 Å². The van der Waals surface area contributed by atoms with Gasteiger partial charge in [-0.15, -0.1) is 5.10 Å². The van der Waals surface area contributed by atoms with E-state index < -0.39 is 0 Å². The van der Waals surface area contributed by atoms with Crippen molar-refractivity contribution < 1.29 is 0 Å². The van der Waals surface area contributed by atoms with Crippen LogP contribution in [0.15, 0.2) is 0 Å². The number of aromatic nitrogens is 4. The van der Waals surface area contributed by atoms with Crippen LogP contribution in [0.25, 0.3) is 0 Å². The number of tetrazole rings is 1. The summed E-state index contributed by atoms with van der Waals surface area (Å²) in [5.74, 6) is 0.958. The number of hydrogen-bond donors (Lipinski definition) is 1. The molecule has 1 heterocycles. The lowest BCUT2D eigenvalue weighted by Crippen LogP contribution is -2.19. The first kappa shape index (κ1) is 9.58. The van der Waals surface area contributed by atoms with Crippen LogP contribution in [0.1, 0.15) is 44.0 Å². The lowest BCUT2D eigenvalue weighted by Gasteiger charge is -2.22. The van der Waals surface area contributed by atoms with Gasteiger partial charge in [-0.2, -0.15) is 0 Å². The lowest BCUT2D eigenvalue weighted by atomic mass is 9.96. The molecule has 1 aliphatic rings. The summed E-state index contributed by atoms with van der Waals surface area (Å²) in [5, 5.41) is 14.9. The van der Waals surface area contributed by atoms with Crippen molar-refractivity contribution in [1.82, 2.24) is 25.5 Å². The number of nitrogens with zero attached hydrogens (tertiary/aromatic N) is 4. The molecule has 78 valence electrons. The summed E-state index contributed by atoms with van der Waals surface area (Å²) in [6, 6.07) is 0.530. The maximum atomic E-state index is 4.07. The summed E-state index contributed by atoms with van der Waals surface area (Å²) >= 11 is 0. The molecule has 1 fully saturated rings. The molecular weight excluding hydrogens is 178 g/mol. The predicted octanol–water partition coefficient (Wildman–Crippen LogP) is 0.898. The molecule has 5 heteroatoms. The van der Waals surface area contributed by atoms with Crippen molar-refractivity contribution in [2.45, 2.75) is 44.7 Å². The summed E-state index contributed by atoms with van der Waals surface area (Å²) in [7, 11) is 1.92. The van der Waals surface area contributed by atoms with E-state index in [1.165, 1.54) is 32.1 Å². The minimum atomic E-state index is 0.530. The molecule has 0 amide bonds. The van der Waals surface area contributed by atoms with Gasteiger partial charge >= 0.3 is 0 Å². The fraction of sp³-hybridized carbons (Fsp3) is 0.889. The molecule has 0 spiro atoms. The highest BCUT2D eigenvalue weighted by Crippen LogP contribution is 2.27. The average molecular weight is 195 g/mol. The second-order valence-corrected chi connectivity index (χ2v) is 3.86. The quantitative estimate of drug-likeness (QED) is 0.778. The highest BCUT2D eigenvalue weighted by molar-refractivity contribution is 4.84. The third-order valence-electron chi connectivity index (χ3n) is 2.82. The second-order valence-electron chi connectivity index (χ2n) is 3.86. The largest absolute Gasteiger partial charge is 0.313 e. The first-order valence-corrected chi connectivity index (χ1v) is 5.33. The van der Waals surface area contributed by atoms with Gasteiger partial charge in [-0.05, 0) is 30.3 Å². The first-order chi connectivity index (χ1) is 6.92. The maximum absolute atomic E-state index is 4.07. The zero-order valence-corrected chi connectivity index (χ0v) is 8.61. The Hall–Kier alpha value is -0.970. The Bertz CT molecular complexity index is 276. The van der Waals surface area contributed by atoms with Gasteiger partial charge in [0.1, 0.15) is 0 Å². The van der Waals surface area contributed by atoms with Crippen LogP contribution in [0.3, 0.4) is 0 Å². The zero-order chi connectivity index (χ0) is 9.80. The van der Waals surface area contributed by atoms with Crippen molar-refractivity contribution >= 4 is 0 Å². The smallest absolute Gasteiger partial charge is 0.165 e. The van der Waals surface area contributed by atoms with E-state index in [4.69, 9.17) is 0 Å². The van der Waals surface area contributed by atoms with Crippen LogP contribution >= 0.6 is 0 Å². The van der Waals surface area contributed by atoms with Crippen LogP contribution in [-0.4, -0.2) is 27.3 Å². The molecule has 14 heavy (non-hydrogen) atoms. The summed E-state index contributed by atoms with van der Waals surface area (Å²) in [6.45, 7) is 0.753. The molecule has 0 unspecified atom stereocenters. The summed E-state index contributed by atoms with van der Waals surface area (Å²) in [5.41, 5.74) is 0. The van der Waals surface area contributed by atoms with E-state index >= 15 is 0 Å². The molecule has 5 nitrogen and oxygen atoms in total. The molecule has 2 rings (SSSR count). The molecule has 1 aliphatic carbocycles. The molecule has 1 saturated carbocycles. The van der Waals surface area contributed by atoms with Crippen molar-refractivity contribution in [3.8, 4) is 0 Å². The molecule has 1 aromatic rings. The Morgan fingerprint density at radius 3 is 2.86 bits per heavy atom. The molecule has 0 radical (unpaired) electrons. The summed E-state index contributed by atoms with van der Waals surface area (Å²) in [4.78, 5) is 0. The summed E-state index contributed by atoms with van der Waals surface area (Å²) < 4.78 is 2.00. The van der Waals surface area contributed by atoms with Crippen LogP contribution in [0.5, 0.6) is 0 Å². The van der Waals surface area contributed by atoms with E-state index in [2.05, 4.69) is 20.8 Å². The monoisotopic (exact) mass is 195 g/mol. The Kier molecular flexibility index (Phi) is 3.08. The molecule has 0 aromatic carbocycles. The minimum absolute atomic E-state index is 0.530. The lowest BCUT2D eigenvalue weighted by molar-refractivity contribution is 0.315. The summed E-state index contributed by atoms with van der Waals surface area (Å²) in [6.07, 6.45) is 6.43. The molecular formula is C9H17N5. The van der Waals surface area contributed by atoms with Gasteiger partial charge in [-0.1, -0.05) is 19.3 Å². The van der Waals surface area contributed by atoms with E-state index in [1.807, 2.05) is 11.7 Å². The van der Waals surface area contributed by atoms with Gasteiger partial charge in [0, 0.05) is 0 Å². The van der Waals surface area contributed by atoms with Crippen molar-refractivity contribution in [3.63, 3.8) is 0 Å². The van der Waals surface area contributed by atoms with Gasteiger partial charge in [-0.25, -0.2) is 4.68 Å². The van der Waals surface area contributed by atoms with Gasteiger partial charge in [0.2, 0.25) is 0 Å². The Balaban J connectivity index is 2.09. The predicted molar refractivity (Wildman–Crippen MR) is 52.7 cm³/mol. The second kappa shape index (κ2) is 4.50. The van der Waals surface area contributed by atoms with Gasteiger partial charge in [0.05, 0.1) is 12.6 Å². The Morgan fingerprint density at radius 2 is 2.14 bits per heavy atom. The third-order valence-corrected chi connectivity index (χ3v) is 2.82. The number of hydrogen-bond acceptors (Lipinski definition) is 4. The molecule has 0 aliphatic heterocycles. The Morgan fingerprint density at radius 1 is 1.36 bits per heavy atom. The highest BCUT2D eigenvalue weighted by atomic mass is 15.6. The standard InChI is InChI=1S/C9H17N5/c1-10-7-9-11-12-13-14(9)8-5-3-2-4-6-8/h8,10H,2-7H2,1H3. The molecule has 0 bridgehead atoms. The van der Waals surface area contributed by atoms with E-state index in [-0.39, 0.29) is 0 Å². The topological polar surface area (TPSA) is 55.6 Å². The molecule has 0 saturated heterocycles. The first-order valence-electron chi connectivity index (χ1n) is 5.33. The van der Waals surface area contributed by atoms with Crippen LogP contribution < -0.4 is 5.32 Å². The van der Waals surface area contributed by atoms with Gasteiger partial charge in [0.25, 0.3) is 0 Å². The number of nitrogens with one attached hydrogen (secondary N) is 1. The van der Waals surface area contributed by atoms with Crippen molar-refractivity contribution in [3.05, 3.63) is 5.82 Å². The van der Waals surface area contributed by atoms with Crippen molar-refractivity contribution in [2.24, 2.45) is 0 Å². The van der Waals surface area contributed by atoms with Gasteiger partial charge in [-0.3, -0.25) is 0 Å². The van der Waals surface area contributed by atoms with Crippen LogP contribution in [0.4, 0.5) is 0 Å². The van der Waals surface area contributed by atoms with E-state index in [0.717, 1.165) is 12.4 Å². The van der Waals surface area contributed by atoms with Crippen molar-refractivity contribution in [1.29, 1.82) is 0 Å². The SMILES string of the molecule is CNCc1nnnn1C1CCCCC1. The molecule has 1 aromatic heterocycles. The van der Waals surface area contributed by atoms with E-state index in [9.17, 15) is 0 Å². The van der Waals surface area contributed by atoms with E-state index in [0.29, 0.717) is 6.04 Å². The highest BCUT2D eigenvalue weighted by Gasteiger charge is 2.19. The minimum Gasteiger partial charge on any atom is -0.313 e. The fourth-order valence-electron chi connectivity index (χ4n) is 2.10. The molecule has 1 N–H and O–H groups in total. The third kappa shape index (κ3) is 1.92. The maximum Gasteiger partial charge on any atom is 0.165 e.